The number of sulfonamides is 1. The van der Waals surface area contributed by atoms with Crippen molar-refractivity contribution in [2.24, 2.45) is 0 Å². The summed E-state index contributed by atoms with van der Waals surface area (Å²) in [5.41, 5.74) is 0.710. The molecule has 0 aromatic heterocycles. The summed E-state index contributed by atoms with van der Waals surface area (Å²) >= 11 is 5.84. The van der Waals surface area contributed by atoms with E-state index < -0.39 is 10.0 Å². The SMILES string of the molecule is Cc1cc(S(=O)(=O)N(C)CCC#N)ccc1Cl. The number of benzene rings is 1. The van der Waals surface area contributed by atoms with Gasteiger partial charge in [0.25, 0.3) is 0 Å². The molecule has 1 aromatic rings. The first kappa shape index (κ1) is 14.0. The van der Waals surface area contributed by atoms with Crippen LogP contribution in [0.1, 0.15) is 12.0 Å². The van der Waals surface area contributed by atoms with Gasteiger partial charge < -0.3 is 0 Å². The Morgan fingerprint density at radius 3 is 2.65 bits per heavy atom. The molecule has 0 heterocycles. The largest absolute Gasteiger partial charge is 0.242 e. The third kappa shape index (κ3) is 3.19. The third-order valence-electron chi connectivity index (χ3n) is 2.38. The minimum absolute atomic E-state index is 0.169. The Morgan fingerprint density at radius 1 is 1.47 bits per heavy atom. The van der Waals surface area contributed by atoms with Gasteiger partial charge in [0.1, 0.15) is 0 Å². The number of rotatable bonds is 4. The van der Waals surface area contributed by atoms with Crippen LogP contribution < -0.4 is 0 Å². The van der Waals surface area contributed by atoms with Gasteiger partial charge in [-0.3, -0.25) is 0 Å². The Labute approximate surface area is 106 Å². The highest BCUT2D eigenvalue weighted by molar-refractivity contribution is 7.89. The summed E-state index contributed by atoms with van der Waals surface area (Å²) in [4.78, 5) is 0.194. The maximum atomic E-state index is 12.1. The average Bonchev–Trinajstić information content (AvgIpc) is 2.29. The molecule has 0 fully saturated rings. The molecule has 0 aliphatic heterocycles. The van der Waals surface area contributed by atoms with Crippen LogP contribution in [0.15, 0.2) is 23.1 Å². The fourth-order valence-electron chi connectivity index (χ4n) is 1.29. The van der Waals surface area contributed by atoms with Gasteiger partial charge in [0.05, 0.1) is 11.0 Å². The molecular formula is C11H13ClN2O2S. The van der Waals surface area contributed by atoms with E-state index in [9.17, 15) is 8.42 Å². The molecule has 0 unspecified atom stereocenters. The van der Waals surface area contributed by atoms with Crippen LogP contribution in [0.5, 0.6) is 0 Å². The first-order valence-electron chi connectivity index (χ1n) is 4.99. The predicted octanol–water partition coefficient (Wildman–Crippen LogP) is 2.18. The summed E-state index contributed by atoms with van der Waals surface area (Å²) < 4.78 is 25.3. The molecule has 0 radical (unpaired) electrons. The second-order valence-corrected chi connectivity index (χ2v) is 6.10. The van der Waals surface area contributed by atoms with Gasteiger partial charge in [-0.2, -0.15) is 9.57 Å². The fourth-order valence-corrected chi connectivity index (χ4v) is 2.66. The molecule has 0 bridgehead atoms. The van der Waals surface area contributed by atoms with Crippen molar-refractivity contribution in [2.75, 3.05) is 13.6 Å². The van der Waals surface area contributed by atoms with E-state index in [1.807, 2.05) is 6.07 Å². The summed E-state index contributed by atoms with van der Waals surface area (Å²) in [6.07, 6.45) is 0.169. The second kappa shape index (κ2) is 5.50. The summed E-state index contributed by atoms with van der Waals surface area (Å²) in [5, 5.41) is 8.97. The first-order valence-corrected chi connectivity index (χ1v) is 6.81. The van der Waals surface area contributed by atoms with Crippen LogP contribution in [0, 0.1) is 18.3 Å². The molecular weight excluding hydrogens is 260 g/mol. The lowest BCUT2D eigenvalue weighted by atomic mass is 10.2. The van der Waals surface area contributed by atoms with Gasteiger partial charge in [-0.15, -0.1) is 0 Å². The van der Waals surface area contributed by atoms with Crippen LogP contribution >= 0.6 is 11.6 Å². The Bertz CT molecular complexity index is 549. The molecule has 0 aliphatic carbocycles. The maximum Gasteiger partial charge on any atom is 0.242 e. The zero-order valence-corrected chi connectivity index (χ0v) is 11.2. The standard InChI is InChI=1S/C11H13ClN2O2S/c1-9-8-10(4-5-11(9)12)17(15,16)14(2)7-3-6-13/h4-5,8H,3,7H2,1-2H3. The van der Waals surface area contributed by atoms with E-state index in [2.05, 4.69) is 0 Å². The Morgan fingerprint density at radius 2 is 2.12 bits per heavy atom. The number of hydrogen-bond acceptors (Lipinski definition) is 3. The molecule has 0 saturated heterocycles. The van der Waals surface area contributed by atoms with E-state index in [1.54, 1.807) is 13.0 Å². The maximum absolute atomic E-state index is 12.1. The van der Waals surface area contributed by atoms with Crippen molar-refractivity contribution < 1.29 is 8.42 Å². The summed E-state index contributed by atoms with van der Waals surface area (Å²) in [7, 11) is -2.07. The van der Waals surface area contributed by atoms with Gasteiger partial charge in [0, 0.05) is 25.0 Å². The molecule has 1 rings (SSSR count). The molecule has 0 aliphatic rings. The molecule has 1 aromatic carbocycles. The number of aryl methyl sites for hydroxylation is 1. The molecule has 4 nitrogen and oxygen atoms in total. The van der Waals surface area contributed by atoms with Crippen LogP contribution in [-0.2, 0) is 10.0 Å². The lowest BCUT2D eigenvalue weighted by Crippen LogP contribution is -2.27. The molecule has 0 saturated carbocycles. The quantitative estimate of drug-likeness (QED) is 0.844. The van der Waals surface area contributed by atoms with Gasteiger partial charge in [-0.25, -0.2) is 8.42 Å². The predicted molar refractivity (Wildman–Crippen MR) is 66.2 cm³/mol. The van der Waals surface area contributed by atoms with Crippen molar-refractivity contribution in [3.05, 3.63) is 28.8 Å². The highest BCUT2D eigenvalue weighted by Gasteiger charge is 2.20. The van der Waals surface area contributed by atoms with Crippen LogP contribution in [0.2, 0.25) is 5.02 Å². The van der Waals surface area contributed by atoms with Gasteiger partial charge in [-0.05, 0) is 30.7 Å². The van der Waals surface area contributed by atoms with Gasteiger partial charge >= 0.3 is 0 Å². The molecule has 92 valence electrons. The third-order valence-corrected chi connectivity index (χ3v) is 4.65. The van der Waals surface area contributed by atoms with Crippen molar-refractivity contribution in [1.29, 1.82) is 5.26 Å². The normalized spacial score (nSPS) is 11.5. The minimum Gasteiger partial charge on any atom is -0.207 e. The molecule has 0 N–H and O–H groups in total. The zero-order valence-electron chi connectivity index (χ0n) is 9.64. The first-order chi connectivity index (χ1) is 7.89. The summed E-state index contributed by atoms with van der Waals surface area (Å²) in [6.45, 7) is 1.93. The Kier molecular flexibility index (Phi) is 4.52. The van der Waals surface area contributed by atoms with Crippen molar-refractivity contribution in [3.63, 3.8) is 0 Å². The van der Waals surface area contributed by atoms with Crippen LogP contribution in [0.4, 0.5) is 0 Å². The van der Waals surface area contributed by atoms with Gasteiger partial charge in [-0.1, -0.05) is 11.6 Å². The van der Waals surface area contributed by atoms with Crippen LogP contribution in [0.3, 0.4) is 0 Å². The fraction of sp³-hybridized carbons (Fsp3) is 0.364. The number of nitriles is 1. The van der Waals surface area contributed by atoms with E-state index in [0.29, 0.717) is 10.6 Å². The van der Waals surface area contributed by atoms with E-state index >= 15 is 0 Å². The molecule has 6 heteroatoms. The highest BCUT2D eigenvalue weighted by atomic mass is 35.5. The lowest BCUT2D eigenvalue weighted by molar-refractivity contribution is 0.476. The Balaban J connectivity index is 3.05. The van der Waals surface area contributed by atoms with E-state index in [-0.39, 0.29) is 17.9 Å². The van der Waals surface area contributed by atoms with Crippen molar-refractivity contribution >= 4 is 21.6 Å². The zero-order chi connectivity index (χ0) is 13.1. The van der Waals surface area contributed by atoms with Crippen molar-refractivity contribution in [2.45, 2.75) is 18.2 Å². The van der Waals surface area contributed by atoms with Crippen LogP contribution in [0.25, 0.3) is 0 Å². The number of nitrogens with zero attached hydrogens (tertiary/aromatic N) is 2. The second-order valence-electron chi connectivity index (χ2n) is 3.65. The minimum atomic E-state index is -3.53. The van der Waals surface area contributed by atoms with E-state index in [0.717, 1.165) is 0 Å². The van der Waals surface area contributed by atoms with Crippen molar-refractivity contribution in [3.8, 4) is 6.07 Å². The Hall–Kier alpha value is -1.09. The molecule has 17 heavy (non-hydrogen) atoms. The van der Waals surface area contributed by atoms with Crippen LogP contribution in [-0.4, -0.2) is 26.3 Å². The average molecular weight is 273 g/mol. The van der Waals surface area contributed by atoms with E-state index in [4.69, 9.17) is 16.9 Å². The lowest BCUT2D eigenvalue weighted by Gasteiger charge is -2.16. The molecule has 0 spiro atoms. The molecule has 0 amide bonds. The smallest absolute Gasteiger partial charge is 0.207 e. The van der Waals surface area contributed by atoms with E-state index in [1.165, 1.54) is 23.5 Å². The number of halogens is 1. The summed E-state index contributed by atoms with van der Waals surface area (Å²) in [5.74, 6) is 0. The van der Waals surface area contributed by atoms with Crippen molar-refractivity contribution in [1.82, 2.24) is 4.31 Å². The highest BCUT2D eigenvalue weighted by Crippen LogP contribution is 2.21. The van der Waals surface area contributed by atoms with Gasteiger partial charge in [0.15, 0.2) is 0 Å². The molecule has 0 atom stereocenters. The number of hydrogen-bond donors (Lipinski definition) is 0. The topological polar surface area (TPSA) is 61.2 Å². The summed E-state index contributed by atoms with van der Waals surface area (Å²) in [6, 6.07) is 6.47. The van der Waals surface area contributed by atoms with Gasteiger partial charge in [0.2, 0.25) is 10.0 Å². The monoisotopic (exact) mass is 272 g/mol.